The van der Waals surface area contributed by atoms with Crippen LogP contribution in [0.3, 0.4) is 0 Å². The third-order valence-corrected chi connectivity index (χ3v) is 4.37. The van der Waals surface area contributed by atoms with Gasteiger partial charge in [-0.1, -0.05) is 64.7 Å². The normalized spacial score (nSPS) is 12.3. The van der Waals surface area contributed by atoms with Crippen LogP contribution in [0.5, 0.6) is 0 Å². The van der Waals surface area contributed by atoms with E-state index < -0.39 is 6.10 Å². The number of thioether (sulfide) groups is 1. The standard InChI is InChI=1S/C17H35NO2S/c1-3-4-5-6-7-8-9-10-11-12-13-17(20)18-14-16(19)15-21-2/h16,19H,3-15H2,1-2H3,(H,18,20). The van der Waals surface area contributed by atoms with Gasteiger partial charge in [0.15, 0.2) is 0 Å². The lowest BCUT2D eigenvalue weighted by atomic mass is 10.1. The Labute approximate surface area is 135 Å². The summed E-state index contributed by atoms with van der Waals surface area (Å²) in [5, 5.41) is 12.3. The highest BCUT2D eigenvalue weighted by Crippen LogP contribution is 2.11. The summed E-state index contributed by atoms with van der Waals surface area (Å²) in [5.41, 5.74) is 0. The molecule has 1 unspecified atom stereocenters. The number of carbonyl (C=O) groups is 1. The molecule has 0 aromatic heterocycles. The molecule has 0 aromatic rings. The van der Waals surface area contributed by atoms with E-state index in [1.54, 1.807) is 11.8 Å². The van der Waals surface area contributed by atoms with Crippen LogP contribution < -0.4 is 5.32 Å². The predicted molar refractivity (Wildman–Crippen MR) is 93.9 cm³/mol. The Morgan fingerprint density at radius 2 is 1.52 bits per heavy atom. The van der Waals surface area contributed by atoms with Crippen molar-refractivity contribution in [1.29, 1.82) is 0 Å². The molecule has 126 valence electrons. The van der Waals surface area contributed by atoms with Gasteiger partial charge in [-0.2, -0.15) is 11.8 Å². The van der Waals surface area contributed by atoms with Gasteiger partial charge in [-0.3, -0.25) is 4.79 Å². The van der Waals surface area contributed by atoms with E-state index in [-0.39, 0.29) is 5.91 Å². The summed E-state index contributed by atoms with van der Waals surface area (Å²) in [6, 6.07) is 0. The van der Waals surface area contributed by atoms with Gasteiger partial charge in [0, 0.05) is 18.7 Å². The van der Waals surface area contributed by atoms with E-state index in [1.165, 1.54) is 51.4 Å². The van der Waals surface area contributed by atoms with Gasteiger partial charge in [0.2, 0.25) is 5.91 Å². The number of hydrogen-bond acceptors (Lipinski definition) is 3. The number of amides is 1. The topological polar surface area (TPSA) is 49.3 Å². The Kier molecular flexibility index (Phi) is 16.0. The molecule has 0 aliphatic heterocycles. The molecule has 0 aromatic carbocycles. The fourth-order valence-corrected chi connectivity index (χ4v) is 2.85. The second-order valence-electron chi connectivity index (χ2n) is 5.85. The second-order valence-corrected chi connectivity index (χ2v) is 6.76. The van der Waals surface area contributed by atoms with E-state index in [4.69, 9.17) is 0 Å². The molecular weight excluding hydrogens is 282 g/mol. The van der Waals surface area contributed by atoms with Crippen LogP contribution in [-0.4, -0.2) is 35.7 Å². The first-order chi connectivity index (χ1) is 10.2. The summed E-state index contributed by atoms with van der Waals surface area (Å²) in [5.74, 6) is 0.758. The number of rotatable bonds is 15. The minimum atomic E-state index is -0.420. The smallest absolute Gasteiger partial charge is 0.220 e. The van der Waals surface area contributed by atoms with Gasteiger partial charge >= 0.3 is 0 Å². The molecule has 0 fully saturated rings. The van der Waals surface area contributed by atoms with Crippen molar-refractivity contribution in [3.8, 4) is 0 Å². The maximum Gasteiger partial charge on any atom is 0.220 e. The molecule has 0 bridgehead atoms. The van der Waals surface area contributed by atoms with Gasteiger partial charge in [0.25, 0.3) is 0 Å². The van der Waals surface area contributed by atoms with Crippen molar-refractivity contribution in [3.05, 3.63) is 0 Å². The van der Waals surface area contributed by atoms with Crippen LogP contribution >= 0.6 is 11.8 Å². The number of aliphatic hydroxyl groups excluding tert-OH is 1. The number of hydrogen-bond donors (Lipinski definition) is 2. The number of unbranched alkanes of at least 4 members (excludes halogenated alkanes) is 9. The maximum atomic E-state index is 11.6. The molecule has 0 spiro atoms. The van der Waals surface area contributed by atoms with E-state index in [1.807, 2.05) is 6.26 Å². The number of carbonyl (C=O) groups excluding carboxylic acids is 1. The summed E-state index contributed by atoms with van der Waals surface area (Å²) in [6.07, 6.45) is 15.0. The zero-order valence-corrected chi connectivity index (χ0v) is 14.8. The molecule has 0 radical (unpaired) electrons. The lowest BCUT2D eigenvalue weighted by Gasteiger charge is -2.10. The van der Waals surface area contributed by atoms with Crippen molar-refractivity contribution in [2.75, 3.05) is 18.6 Å². The van der Waals surface area contributed by atoms with Gasteiger partial charge in [0.05, 0.1) is 6.10 Å². The lowest BCUT2D eigenvalue weighted by molar-refractivity contribution is -0.121. The van der Waals surface area contributed by atoms with Gasteiger partial charge in [-0.25, -0.2) is 0 Å². The molecule has 4 heteroatoms. The quantitative estimate of drug-likeness (QED) is 0.446. The lowest BCUT2D eigenvalue weighted by Crippen LogP contribution is -2.33. The molecule has 0 rings (SSSR count). The van der Waals surface area contributed by atoms with Gasteiger partial charge in [-0.05, 0) is 12.7 Å². The molecule has 0 aliphatic rings. The third kappa shape index (κ3) is 16.0. The van der Waals surface area contributed by atoms with E-state index in [9.17, 15) is 9.90 Å². The molecule has 2 N–H and O–H groups in total. The van der Waals surface area contributed by atoms with Crippen molar-refractivity contribution >= 4 is 17.7 Å². The summed E-state index contributed by atoms with van der Waals surface area (Å²) in [4.78, 5) is 11.6. The van der Waals surface area contributed by atoms with Gasteiger partial charge in [-0.15, -0.1) is 0 Å². The van der Waals surface area contributed by atoms with Crippen LogP contribution in [0.25, 0.3) is 0 Å². The van der Waals surface area contributed by atoms with Crippen molar-refractivity contribution < 1.29 is 9.90 Å². The Morgan fingerprint density at radius 3 is 2.05 bits per heavy atom. The molecule has 1 atom stereocenters. The summed E-state index contributed by atoms with van der Waals surface area (Å²) in [7, 11) is 0. The zero-order valence-electron chi connectivity index (χ0n) is 14.0. The summed E-state index contributed by atoms with van der Waals surface area (Å²) in [6.45, 7) is 2.64. The average molecular weight is 318 g/mol. The van der Waals surface area contributed by atoms with E-state index >= 15 is 0 Å². The monoisotopic (exact) mass is 317 g/mol. The van der Waals surface area contributed by atoms with Crippen molar-refractivity contribution in [2.45, 2.75) is 83.7 Å². The minimum Gasteiger partial charge on any atom is -0.390 e. The Balaban J connectivity index is 3.21. The fourth-order valence-electron chi connectivity index (χ4n) is 2.34. The maximum absolute atomic E-state index is 11.6. The molecule has 21 heavy (non-hydrogen) atoms. The van der Waals surface area contributed by atoms with Crippen molar-refractivity contribution in [3.63, 3.8) is 0 Å². The van der Waals surface area contributed by atoms with Gasteiger partial charge < -0.3 is 10.4 Å². The van der Waals surface area contributed by atoms with Crippen LogP contribution in [0.15, 0.2) is 0 Å². The van der Waals surface area contributed by atoms with Gasteiger partial charge in [0.1, 0.15) is 0 Å². The second kappa shape index (κ2) is 16.2. The minimum absolute atomic E-state index is 0.0784. The zero-order chi connectivity index (χ0) is 15.8. The highest BCUT2D eigenvalue weighted by molar-refractivity contribution is 7.98. The number of aliphatic hydroxyl groups is 1. The van der Waals surface area contributed by atoms with E-state index in [0.29, 0.717) is 18.7 Å². The van der Waals surface area contributed by atoms with Crippen LogP contribution in [0, 0.1) is 0 Å². The van der Waals surface area contributed by atoms with Crippen LogP contribution in [0.2, 0.25) is 0 Å². The van der Waals surface area contributed by atoms with Crippen molar-refractivity contribution in [2.24, 2.45) is 0 Å². The largest absolute Gasteiger partial charge is 0.390 e. The molecular formula is C17H35NO2S. The first-order valence-corrected chi connectivity index (χ1v) is 10.0. The molecule has 3 nitrogen and oxygen atoms in total. The molecule has 0 aliphatic carbocycles. The van der Waals surface area contributed by atoms with E-state index in [2.05, 4.69) is 12.2 Å². The van der Waals surface area contributed by atoms with Crippen molar-refractivity contribution in [1.82, 2.24) is 5.32 Å². The SMILES string of the molecule is CCCCCCCCCCCCC(=O)NCC(O)CSC. The fraction of sp³-hybridized carbons (Fsp3) is 0.941. The third-order valence-electron chi connectivity index (χ3n) is 3.65. The first kappa shape index (κ1) is 20.8. The predicted octanol–water partition coefficient (Wildman–Crippen LogP) is 4.14. The Hall–Kier alpha value is -0.220. The van der Waals surface area contributed by atoms with Crippen LogP contribution in [0.1, 0.15) is 77.6 Å². The highest BCUT2D eigenvalue weighted by Gasteiger charge is 2.05. The average Bonchev–Trinajstić information content (AvgIpc) is 2.47. The summed E-state index contributed by atoms with van der Waals surface area (Å²) >= 11 is 1.60. The molecule has 0 saturated carbocycles. The molecule has 1 amide bonds. The Morgan fingerprint density at radius 1 is 1.00 bits per heavy atom. The number of nitrogens with one attached hydrogen (secondary N) is 1. The molecule has 0 saturated heterocycles. The van der Waals surface area contributed by atoms with Crippen LogP contribution in [-0.2, 0) is 4.79 Å². The Bertz CT molecular complexity index is 237. The summed E-state index contributed by atoms with van der Waals surface area (Å²) < 4.78 is 0. The van der Waals surface area contributed by atoms with Crippen LogP contribution in [0.4, 0.5) is 0 Å². The first-order valence-electron chi connectivity index (χ1n) is 8.64. The van der Waals surface area contributed by atoms with E-state index in [0.717, 1.165) is 12.8 Å². The highest BCUT2D eigenvalue weighted by atomic mass is 32.2. The molecule has 0 heterocycles.